The van der Waals surface area contributed by atoms with Crippen molar-refractivity contribution in [2.45, 2.75) is 45.1 Å². The fourth-order valence-corrected chi connectivity index (χ4v) is 4.50. The topological polar surface area (TPSA) is 23.6 Å². The van der Waals surface area contributed by atoms with Gasteiger partial charge < -0.3 is 4.90 Å². The van der Waals surface area contributed by atoms with Gasteiger partial charge in [0.15, 0.2) is 0 Å². The number of hydrogen-bond donors (Lipinski definition) is 0. The SMILES string of the molecule is Cc1cc(C)cc(C2(C(=O)N3CCCN(Cc4ccccc4F)CC3)CC2)c1. The van der Waals surface area contributed by atoms with Gasteiger partial charge in [-0.3, -0.25) is 9.69 Å². The molecule has 1 heterocycles. The fourth-order valence-electron chi connectivity index (χ4n) is 4.50. The minimum absolute atomic E-state index is 0.147. The van der Waals surface area contributed by atoms with E-state index in [9.17, 15) is 9.18 Å². The summed E-state index contributed by atoms with van der Waals surface area (Å²) in [6.45, 7) is 8.01. The molecule has 1 saturated carbocycles. The second-order valence-corrected chi connectivity index (χ2v) is 8.47. The molecule has 0 N–H and O–H groups in total. The summed E-state index contributed by atoms with van der Waals surface area (Å²) in [5.41, 5.74) is 4.05. The van der Waals surface area contributed by atoms with Crippen LogP contribution in [0.2, 0.25) is 0 Å². The van der Waals surface area contributed by atoms with Crippen LogP contribution in [0, 0.1) is 19.7 Å². The van der Waals surface area contributed by atoms with E-state index >= 15 is 0 Å². The highest BCUT2D eigenvalue weighted by molar-refractivity contribution is 5.91. The first-order chi connectivity index (χ1) is 13.5. The molecule has 0 aromatic heterocycles. The smallest absolute Gasteiger partial charge is 0.233 e. The molecule has 3 nitrogen and oxygen atoms in total. The molecule has 2 aromatic carbocycles. The van der Waals surface area contributed by atoms with Crippen molar-refractivity contribution in [3.05, 3.63) is 70.5 Å². The molecule has 0 spiro atoms. The Morgan fingerprint density at radius 2 is 1.71 bits per heavy atom. The number of nitrogens with zero attached hydrogens (tertiary/aromatic N) is 2. The Labute approximate surface area is 167 Å². The number of carbonyl (C=O) groups is 1. The summed E-state index contributed by atoms with van der Waals surface area (Å²) < 4.78 is 14.0. The van der Waals surface area contributed by atoms with Crippen molar-refractivity contribution in [2.75, 3.05) is 26.2 Å². The molecule has 1 aliphatic heterocycles. The van der Waals surface area contributed by atoms with E-state index in [1.165, 1.54) is 22.8 Å². The Morgan fingerprint density at radius 3 is 2.39 bits per heavy atom. The van der Waals surface area contributed by atoms with Gasteiger partial charge in [0.1, 0.15) is 5.82 Å². The van der Waals surface area contributed by atoms with E-state index in [-0.39, 0.29) is 17.1 Å². The van der Waals surface area contributed by atoms with Crippen LogP contribution in [0.3, 0.4) is 0 Å². The zero-order valence-corrected chi connectivity index (χ0v) is 16.9. The number of carbonyl (C=O) groups excluding carboxylic acids is 1. The normalized spacial score (nSPS) is 19.3. The summed E-state index contributed by atoms with van der Waals surface area (Å²) in [5.74, 6) is 0.136. The highest BCUT2D eigenvalue weighted by Gasteiger charge is 2.53. The lowest BCUT2D eigenvalue weighted by atomic mass is 9.91. The number of amides is 1. The van der Waals surface area contributed by atoms with Crippen molar-refractivity contribution >= 4 is 5.91 Å². The lowest BCUT2D eigenvalue weighted by molar-refractivity contribution is -0.133. The molecule has 0 bridgehead atoms. The Kier molecular flexibility index (Phi) is 5.24. The average molecular weight is 381 g/mol. The predicted octanol–water partition coefficient (Wildman–Crippen LogP) is 4.21. The molecular weight excluding hydrogens is 351 g/mol. The molecule has 2 aliphatic rings. The molecule has 4 rings (SSSR count). The fraction of sp³-hybridized carbons (Fsp3) is 0.458. The predicted molar refractivity (Wildman–Crippen MR) is 110 cm³/mol. The molecule has 0 radical (unpaired) electrons. The Bertz CT molecular complexity index is 854. The van der Waals surface area contributed by atoms with Gasteiger partial charge >= 0.3 is 0 Å². The summed E-state index contributed by atoms with van der Waals surface area (Å²) >= 11 is 0. The van der Waals surface area contributed by atoms with Gasteiger partial charge in [-0.05, 0) is 44.7 Å². The third-order valence-electron chi connectivity index (χ3n) is 6.16. The molecule has 1 amide bonds. The van der Waals surface area contributed by atoms with Crippen LogP contribution in [0.4, 0.5) is 4.39 Å². The van der Waals surface area contributed by atoms with Crippen LogP contribution in [0.15, 0.2) is 42.5 Å². The zero-order valence-electron chi connectivity index (χ0n) is 16.9. The summed E-state index contributed by atoms with van der Waals surface area (Å²) in [6.07, 6.45) is 2.83. The van der Waals surface area contributed by atoms with Crippen molar-refractivity contribution in [3.8, 4) is 0 Å². The highest BCUT2D eigenvalue weighted by atomic mass is 19.1. The van der Waals surface area contributed by atoms with Crippen molar-refractivity contribution in [1.29, 1.82) is 0 Å². The molecule has 28 heavy (non-hydrogen) atoms. The lowest BCUT2D eigenvalue weighted by Crippen LogP contribution is -2.41. The number of rotatable bonds is 4. The van der Waals surface area contributed by atoms with Crippen molar-refractivity contribution < 1.29 is 9.18 Å². The zero-order chi connectivity index (χ0) is 19.7. The summed E-state index contributed by atoms with van der Waals surface area (Å²) in [4.78, 5) is 17.7. The van der Waals surface area contributed by atoms with E-state index in [1.54, 1.807) is 6.07 Å². The van der Waals surface area contributed by atoms with Gasteiger partial charge in [0.05, 0.1) is 5.41 Å². The van der Waals surface area contributed by atoms with Gasteiger partial charge in [-0.25, -0.2) is 4.39 Å². The number of halogens is 1. The molecule has 2 fully saturated rings. The summed E-state index contributed by atoms with van der Waals surface area (Å²) in [5, 5.41) is 0. The Hall–Kier alpha value is -2.20. The molecule has 1 aliphatic carbocycles. The Morgan fingerprint density at radius 1 is 1.00 bits per heavy atom. The molecular formula is C24H29FN2O. The lowest BCUT2D eigenvalue weighted by Gasteiger charge is -2.27. The van der Waals surface area contributed by atoms with Gasteiger partial charge in [0.2, 0.25) is 5.91 Å². The molecule has 0 unspecified atom stereocenters. The largest absolute Gasteiger partial charge is 0.341 e. The third kappa shape index (κ3) is 3.83. The van der Waals surface area contributed by atoms with Crippen LogP contribution in [-0.4, -0.2) is 41.9 Å². The van der Waals surface area contributed by atoms with Crippen LogP contribution in [0.1, 0.15) is 41.5 Å². The van der Waals surface area contributed by atoms with E-state index < -0.39 is 0 Å². The second kappa shape index (κ2) is 7.67. The molecule has 2 aromatic rings. The molecule has 4 heteroatoms. The number of benzene rings is 2. The second-order valence-electron chi connectivity index (χ2n) is 8.47. The maximum Gasteiger partial charge on any atom is 0.233 e. The first kappa shape index (κ1) is 19.1. The highest BCUT2D eigenvalue weighted by Crippen LogP contribution is 2.50. The van der Waals surface area contributed by atoms with Crippen molar-refractivity contribution in [1.82, 2.24) is 9.80 Å². The quantitative estimate of drug-likeness (QED) is 0.793. The maximum absolute atomic E-state index is 14.0. The van der Waals surface area contributed by atoms with Gasteiger partial charge in [0.25, 0.3) is 0 Å². The van der Waals surface area contributed by atoms with E-state index in [0.717, 1.165) is 51.0 Å². The van der Waals surface area contributed by atoms with Gasteiger partial charge in [-0.1, -0.05) is 47.5 Å². The van der Waals surface area contributed by atoms with Gasteiger partial charge in [-0.2, -0.15) is 0 Å². The summed E-state index contributed by atoms with van der Waals surface area (Å²) in [7, 11) is 0. The minimum atomic E-state index is -0.308. The average Bonchev–Trinajstić information content (AvgIpc) is 3.47. The van der Waals surface area contributed by atoms with Crippen LogP contribution in [0.5, 0.6) is 0 Å². The maximum atomic E-state index is 14.0. The van der Waals surface area contributed by atoms with Crippen molar-refractivity contribution in [2.24, 2.45) is 0 Å². The van der Waals surface area contributed by atoms with Crippen molar-refractivity contribution in [3.63, 3.8) is 0 Å². The van der Waals surface area contributed by atoms with Crippen LogP contribution >= 0.6 is 0 Å². The van der Waals surface area contributed by atoms with E-state index in [0.29, 0.717) is 6.54 Å². The first-order valence-electron chi connectivity index (χ1n) is 10.3. The Balaban J connectivity index is 1.44. The monoisotopic (exact) mass is 380 g/mol. The molecule has 0 atom stereocenters. The summed E-state index contributed by atoms with van der Waals surface area (Å²) in [6, 6.07) is 13.5. The third-order valence-corrected chi connectivity index (χ3v) is 6.16. The van der Waals surface area contributed by atoms with E-state index in [4.69, 9.17) is 0 Å². The van der Waals surface area contributed by atoms with Crippen LogP contribution < -0.4 is 0 Å². The molecule has 148 valence electrons. The van der Waals surface area contributed by atoms with Crippen LogP contribution in [0.25, 0.3) is 0 Å². The van der Waals surface area contributed by atoms with E-state index in [1.807, 2.05) is 17.0 Å². The van der Waals surface area contributed by atoms with E-state index in [2.05, 4.69) is 36.9 Å². The first-order valence-corrected chi connectivity index (χ1v) is 10.3. The molecule has 1 saturated heterocycles. The number of hydrogen-bond acceptors (Lipinski definition) is 2. The van der Waals surface area contributed by atoms with Crippen LogP contribution in [-0.2, 0) is 16.8 Å². The van der Waals surface area contributed by atoms with Gasteiger partial charge in [-0.15, -0.1) is 0 Å². The standard InChI is InChI=1S/C24H29FN2O/c1-18-14-19(2)16-21(15-18)24(8-9-24)23(28)27-11-5-10-26(12-13-27)17-20-6-3-4-7-22(20)25/h3-4,6-7,14-16H,5,8-13,17H2,1-2H3. The minimum Gasteiger partial charge on any atom is -0.341 e. The van der Waals surface area contributed by atoms with Gasteiger partial charge in [0, 0.05) is 38.3 Å². The number of aryl methyl sites for hydroxylation is 2.